The predicted octanol–water partition coefficient (Wildman–Crippen LogP) is 16.0. The van der Waals surface area contributed by atoms with Crippen LogP contribution in [0, 0.1) is 0 Å². The van der Waals surface area contributed by atoms with Gasteiger partial charge in [0.2, 0.25) is 0 Å². The Morgan fingerprint density at radius 3 is 1.16 bits per heavy atom. The van der Waals surface area contributed by atoms with Gasteiger partial charge in [0.25, 0.3) is 13.4 Å². The maximum Gasteiger partial charge on any atom is 0.252 e. The first-order chi connectivity index (χ1) is 56.8. The molecule has 0 atom stereocenters. The lowest BCUT2D eigenvalue weighted by atomic mass is 9.34. The van der Waals surface area contributed by atoms with Crippen molar-refractivity contribution in [3.05, 3.63) is 303 Å². The molecular weight excluding hydrogens is 1040 g/mol. The molecule has 0 amide bonds. The molecular formula is C78H50B2N6. The monoisotopic (exact) mass is 1130 g/mol. The van der Waals surface area contributed by atoms with E-state index in [0.29, 0.717) is 81.7 Å². The van der Waals surface area contributed by atoms with Gasteiger partial charge in [0.1, 0.15) is 0 Å². The van der Waals surface area contributed by atoms with Crippen LogP contribution in [0.5, 0.6) is 0 Å². The van der Waals surface area contributed by atoms with E-state index in [2.05, 4.69) is 0 Å². The summed E-state index contributed by atoms with van der Waals surface area (Å²) in [5, 5.41) is 2.56. The fraction of sp³-hybridized carbons (Fsp3) is 0. The Labute approximate surface area is 546 Å². The molecule has 0 saturated heterocycles. The summed E-state index contributed by atoms with van der Waals surface area (Å²) in [4.78, 5) is 3.89. The van der Waals surface area contributed by atoms with Gasteiger partial charge in [-0.3, -0.25) is 0 Å². The molecule has 0 bridgehead atoms. The van der Waals surface area contributed by atoms with E-state index in [1.807, 2.05) is 51.6 Å². The second kappa shape index (κ2) is 18.1. The van der Waals surface area contributed by atoms with Crippen molar-refractivity contribution in [2.24, 2.45) is 0 Å². The normalized spacial score (nSPS) is 18.6. The second-order valence-electron chi connectivity index (χ2n) is 20.6. The zero-order valence-electron chi connectivity index (χ0n) is 78.1. The van der Waals surface area contributed by atoms with Crippen LogP contribution in [-0.2, 0) is 0 Å². The van der Waals surface area contributed by atoms with Crippen molar-refractivity contribution in [2.75, 3.05) is 19.6 Å². The lowest BCUT2D eigenvalue weighted by molar-refractivity contribution is 1.16. The van der Waals surface area contributed by atoms with Crippen molar-refractivity contribution in [3.8, 4) is 11.4 Å². The zero-order valence-corrected chi connectivity index (χ0v) is 44.1. The summed E-state index contributed by atoms with van der Waals surface area (Å²) in [6.07, 6.45) is 0. The summed E-state index contributed by atoms with van der Waals surface area (Å²) >= 11 is 0. The maximum absolute atomic E-state index is 10.7. The van der Waals surface area contributed by atoms with Crippen molar-refractivity contribution in [3.63, 3.8) is 0 Å². The van der Waals surface area contributed by atoms with Gasteiger partial charge in [-0.05, 0) is 166 Å². The van der Waals surface area contributed by atoms with E-state index < -0.39 is 270 Å². The van der Waals surface area contributed by atoms with Crippen LogP contribution in [0.2, 0.25) is 0 Å². The third kappa shape index (κ3) is 6.58. The summed E-state index contributed by atoms with van der Waals surface area (Å²) in [5.41, 5.74) is -1.06. The van der Waals surface area contributed by atoms with Crippen LogP contribution in [0.1, 0.15) is 46.6 Å². The molecule has 0 unspecified atom stereocenters. The van der Waals surface area contributed by atoms with Crippen molar-refractivity contribution in [2.45, 2.75) is 0 Å². The number of fused-ring (bicyclic) bond motifs is 14. The minimum Gasteiger partial charge on any atom is -0.311 e. The van der Waals surface area contributed by atoms with Gasteiger partial charge in [-0.15, -0.1) is 0 Å². The van der Waals surface area contributed by atoms with Gasteiger partial charge in [0.05, 0.1) is 57.6 Å². The second-order valence-corrected chi connectivity index (χ2v) is 20.6. The number of nitrogens with zero attached hydrogens (tertiary/aromatic N) is 6. The van der Waals surface area contributed by atoms with E-state index in [1.165, 1.54) is 21.9 Å². The summed E-state index contributed by atoms with van der Waals surface area (Å²) in [7, 11) is 0. The molecule has 4 aliphatic heterocycles. The molecule has 0 saturated carbocycles. The van der Waals surface area contributed by atoms with Crippen LogP contribution in [0.3, 0.4) is 0 Å². The Kier molecular flexibility index (Phi) is 5.34. The van der Waals surface area contributed by atoms with Gasteiger partial charge in [-0.25, -0.2) is 0 Å². The third-order valence-electron chi connectivity index (χ3n) is 16.6. The summed E-state index contributed by atoms with van der Waals surface area (Å²) in [6.45, 7) is -2.19. The molecule has 6 nitrogen and oxygen atoms in total. The van der Waals surface area contributed by atoms with E-state index in [1.54, 1.807) is 42.5 Å². The van der Waals surface area contributed by atoms with Crippen molar-refractivity contribution < 1.29 is 46.6 Å². The van der Waals surface area contributed by atoms with E-state index in [0.717, 1.165) is 4.90 Å². The van der Waals surface area contributed by atoms with Crippen LogP contribution in [0.15, 0.2) is 303 Å². The molecule has 0 radical (unpaired) electrons. The summed E-state index contributed by atoms with van der Waals surface area (Å²) < 4.78 is 319. The Morgan fingerprint density at radius 2 is 0.686 bits per heavy atom. The highest BCUT2D eigenvalue weighted by Crippen LogP contribution is 2.48. The number of anilines is 12. The number of benzene rings is 13. The van der Waals surface area contributed by atoms with Crippen LogP contribution in [0.4, 0.5) is 68.2 Å². The first-order valence-corrected chi connectivity index (χ1v) is 27.0. The van der Waals surface area contributed by atoms with Crippen LogP contribution in [-0.4, -0.2) is 22.6 Å². The Balaban J connectivity index is 0.896. The first-order valence-electron chi connectivity index (χ1n) is 44.0. The summed E-state index contributed by atoms with van der Waals surface area (Å²) in [5.74, 6) is 0. The molecule has 19 rings (SSSR count). The van der Waals surface area contributed by atoms with Crippen molar-refractivity contribution in [1.29, 1.82) is 0 Å². The SMILES string of the molecule is [2H]c1c([2H])c([2H])c(N2c3cccc4c3B(c3ccc(N(c5c([2H])c([2H])c([2H])c([2H])c5[2H])c5c([2H])c([2H])c([2H])c([2H])c5[2H])c([2H])c32)c2cccc3c5cc6c7cccc8c7n(c6cc5n-4c23)-c2cccc3c2B8c2c([2H])c([2H])c(N(c4c([2H])c([2H])c([2H])c([2H])c4[2H])c4c([2H])c([2H])c([2H])c([2H])c4[2H])c([2H])c2N3c2c([2H])c([2H])c([2H])c([2H])c2[2H])c([2H])c1[2H]. The van der Waals surface area contributed by atoms with Crippen LogP contribution < -0.4 is 52.4 Å². The highest BCUT2D eigenvalue weighted by atomic mass is 15.2. The molecule has 0 aliphatic carbocycles. The van der Waals surface area contributed by atoms with Gasteiger partial charge in [-0.1, -0.05) is 169 Å². The third-order valence-corrected chi connectivity index (χ3v) is 16.6. The number of aromatic nitrogens is 2. The Bertz CT molecular complexity index is 7120. The molecule has 4 aliphatic rings. The molecule has 13 aromatic carbocycles. The topological polar surface area (TPSA) is 22.8 Å². The van der Waals surface area contributed by atoms with E-state index >= 15 is 0 Å². The average Bonchev–Trinajstić information content (AvgIpc) is 1.38. The van der Waals surface area contributed by atoms with Gasteiger partial charge in [0, 0.05) is 112 Å². The molecule has 15 aromatic rings. The lowest BCUT2D eigenvalue weighted by Crippen LogP contribution is -2.60. The Morgan fingerprint density at radius 1 is 0.291 bits per heavy atom. The molecule has 2 aromatic heterocycles. The smallest absolute Gasteiger partial charge is 0.252 e. The van der Waals surface area contributed by atoms with E-state index in [4.69, 9.17) is 24.7 Å². The molecule has 86 heavy (non-hydrogen) atoms. The van der Waals surface area contributed by atoms with Crippen LogP contribution >= 0.6 is 0 Å². The first kappa shape index (κ1) is 25.3. The summed E-state index contributed by atoms with van der Waals surface area (Å²) in [6, 6.07) is -1.81. The van der Waals surface area contributed by atoms with E-state index in [9.17, 15) is 21.9 Å². The largest absolute Gasteiger partial charge is 0.311 e. The fourth-order valence-corrected chi connectivity index (χ4v) is 13.5. The number of para-hydroxylation sites is 8. The van der Waals surface area contributed by atoms with Gasteiger partial charge >= 0.3 is 0 Å². The maximum atomic E-state index is 10.7. The minimum atomic E-state index is -1.24. The van der Waals surface area contributed by atoms with Crippen molar-refractivity contribution in [1.82, 2.24) is 9.13 Å². The van der Waals surface area contributed by atoms with Crippen LogP contribution in [0.25, 0.3) is 55.0 Å². The highest BCUT2D eigenvalue weighted by molar-refractivity contribution is 7.01. The van der Waals surface area contributed by atoms with E-state index in [-0.39, 0.29) is 28.0 Å². The van der Waals surface area contributed by atoms with Gasteiger partial charge < -0.3 is 28.7 Å². The standard InChI is InChI=1S/C78H50B2N6/c1-7-23-51(24-8-1)81(52-25-9-2-10-26-52)57-43-45-63-73(47-57)83(55-31-15-5-16-32-55)67-39-21-41-69-75(67)79(63)65-37-19-35-59-61-49-62-60-36-20-38-66-78(60)86(72(62)50-71(61)85(69)77(59)65)70-42-22-40-68-76(70)80(66)64-46-44-58(48-74(64)84(68)56-33-17-6-18-34-56)82(53-27-11-3-12-28-53)54-29-13-4-14-30-54/h1-50H/i1D,2D,3D,4D,5D,6D,7D,8D,9D,10D,11D,12D,13D,14D,15D,16D,17D,18D,23D,24D,25D,26D,27D,28D,29D,30D,31D,32D,33D,34D,43D,45D,47D,48D. The van der Waals surface area contributed by atoms with Gasteiger partial charge in [0.15, 0.2) is 0 Å². The quantitative estimate of drug-likeness (QED) is 0.141. The molecule has 0 fully saturated rings. The fourth-order valence-electron chi connectivity index (χ4n) is 13.5. The molecule has 398 valence electrons. The average molecular weight is 1130 g/mol. The van der Waals surface area contributed by atoms with Gasteiger partial charge in [-0.2, -0.15) is 0 Å². The number of rotatable bonds is 8. The molecule has 0 spiro atoms. The Hall–Kier alpha value is -11.2. The number of hydrogen-bond donors (Lipinski definition) is 0. The molecule has 6 heterocycles. The minimum absolute atomic E-state index is 0.0424. The zero-order chi connectivity index (χ0) is 85.7. The molecule has 0 N–H and O–H groups in total. The molecule has 8 heteroatoms. The lowest BCUT2D eigenvalue weighted by Gasteiger charge is -2.41. The van der Waals surface area contributed by atoms with Crippen molar-refractivity contribution >= 4 is 158 Å². The predicted molar refractivity (Wildman–Crippen MR) is 363 cm³/mol. The highest BCUT2D eigenvalue weighted by Gasteiger charge is 2.45. The number of hydrogen-bond acceptors (Lipinski definition) is 4.